The van der Waals surface area contributed by atoms with E-state index >= 15 is 0 Å². The summed E-state index contributed by atoms with van der Waals surface area (Å²) in [6.07, 6.45) is 6.05. The summed E-state index contributed by atoms with van der Waals surface area (Å²) >= 11 is 5.95. The third kappa shape index (κ3) is 3.98. The predicted octanol–water partition coefficient (Wildman–Crippen LogP) is 4.97. The normalized spacial score (nSPS) is 12.2. The Kier molecular flexibility index (Phi) is 5.51. The second-order valence-electron chi connectivity index (χ2n) is 6.66. The highest BCUT2D eigenvalue weighted by Crippen LogP contribution is 2.24. The van der Waals surface area contributed by atoms with Crippen molar-refractivity contribution < 1.29 is 4.79 Å². The van der Waals surface area contributed by atoms with Gasteiger partial charge in [-0.2, -0.15) is 0 Å². The van der Waals surface area contributed by atoms with E-state index in [9.17, 15) is 4.79 Å². The number of Topliss-reactive ketones (excluding diaryl/α,β-unsaturated/α-hetero) is 1. The lowest BCUT2D eigenvalue weighted by atomic mass is 9.98. The van der Waals surface area contributed by atoms with Crippen LogP contribution in [0.4, 0.5) is 0 Å². The van der Waals surface area contributed by atoms with Gasteiger partial charge in [0.25, 0.3) is 0 Å². The standard InChI is InChI=1S/C23H20ClN3O/c24-18-9-7-16(8-10-18)11-13-26-22(17-4-3-12-25-14-17)23(28)20-15-27-21-6-2-1-5-19(20)21/h1-10,12,14-15,22,26-27H,11,13H2. The highest BCUT2D eigenvalue weighted by atomic mass is 35.5. The number of carbonyl (C=O) groups is 1. The summed E-state index contributed by atoms with van der Waals surface area (Å²) in [6, 6.07) is 18.9. The Hall–Kier alpha value is -2.95. The number of fused-ring (bicyclic) bond motifs is 1. The Morgan fingerprint density at radius 1 is 1.07 bits per heavy atom. The fraction of sp³-hybridized carbons (Fsp3) is 0.130. The van der Waals surface area contributed by atoms with Gasteiger partial charge in [0.05, 0.1) is 6.04 Å². The second-order valence-corrected chi connectivity index (χ2v) is 7.10. The third-order valence-corrected chi connectivity index (χ3v) is 5.06. The summed E-state index contributed by atoms with van der Waals surface area (Å²) in [4.78, 5) is 20.8. The van der Waals surface area contributed by atoms with Gasteiger partial charge in [-0.05, 0) is 41.8 Å². The van der Waals surface area contributed by atoms with E-state index in [2.05, 4.69) is 15.3 Å². The molecule has 1 unspecified atom stereocenters. The molecule has 0 fully saturated rings. The Bertz CT molecular complexity index is 1070. The van der Waals surface area contributed by atoms with Gasteiger partial charge >= 0.3 is 0 Å². The summed E-state index contributed by atoms with van der Waals surface area (Å²) in [6.45, 7) is 0.662. The highest BCUT2D eigenvalue weighted by Gasteiger charge is 2.24. The first-order valence-corrected chi connectivity index (χ1v) is 9.58. The summed E-state index contributed by atoms with van der Waals surface area (Å²) in [5.41, 5.74) is 3.66. The quantitative estimate of drug-likeness (QED) is 0.438. The van der Waals surface area contributed by atoms with Crippen LogP contribution in [0.25, 0.3) is 10.9 Å². The highest BCUT2D eigenvalue weighted by molar-refractivity contribution is 6.30. The second kappa shape index (κ2) is 8.38. The van der Waals surface area contributed by atoms with Gasteiger partial charge in [0.15, 0.2) is 5.78 Å². The van der Waals surface area contributed by atoms with E-state index in [0.717, 1.165) is 27.9 Å². The van der Waals surface area contributed by atoms with Crippen molar-refractivity contribution in [3.63, 3.8) is 0 Å². The monoisotopic (exact) mass is 389 g/mol. The molecule has 2 aromatic carbocycles. The van der Waals surface area contributed by atoms with Gasteiger partial charge < -0.3 is 10.3 Å². The lowest BCUT2D eigenvalue weighted by molar-refractivity contribution is 0.0944. The van der Waals surface area contributed by atoms with Gasteiger partial charge in [-0.1, -0.05) is 48.0 Å². The van der Waals surface area contributed by atoms with Crippen LogP contribution in [0.1, 0.15) is 27.5 Å². The number of ketones is 1. The first-order chi connectivity index (χ1) is 13.7. The molecule has 4 rings (SSSR count). The van der Waals surface area contributed by atoms with Gasteiger partial charge in [0.2, 0.25) is 0 Å². The van der Waals surface area contributed by atoms with Crippen LogP contribution in [0.2, 0.25) is 5.02 Å². The zero-order valence-corrected chi connectivity index (χ0v) is 16.0. The molecular weight excluding hydrogens is 370 g/mol. The third-order valence-electron chi connectivity index (χ3n) is 4.81. The smallest absolute Gasteiger partial charge is 0.186 e. The number of para-hydroxylation sites is 1. The number of nitrogens with zero attached hydrogens (tertiary/aromatic N) is 1. The summed E-state index contributed by atoms with van der Waals surface area (Å²) in [7, 11) is 0. The van der Waals surface area contributed by atoms with Crippen molar-refractivity contribution in [1.29, 1.82) is 0 Å². The Labute approximate surface area is 168 Å². The molecule has 0 aliphatic carbocycles. The van der Waals surface area contributed by atoms with E-state index < -0.39 is 6.04 Å². The van der Waals surface area contributed by atoms with Crippen LogP contribution in [0.5, 0.6) is 0 Å². The molecule has 0 radical (unpaired) electrons. The van der Waals surface area contributed by atoms with Crippen LogP contribution in [0.15, 0.2) is 79.3 Å². The Morgan fingerprint density at radius 3 is 2.68 bits per heavy atom. The molecule has 0 saturated heterocycles. The van der Waals surface area contributed by atoms with E-state index in [1.807, 2.05) is 60.7 Å². The van der Waals surface area contributed by atoms with E-state index in [0.29, 0.717) is 12.1 Å². The minimum Gasteiger partial charge on any atom is -0.360 e. The number of carbonyl (C=O) groups excluding carboxylic acids is 1. The number of benzene rings is 2. The van der Waals surface area contributed by atoms with E-state index in [4.69, 9.17) is 11.6 Å². The fourth-order valence-electron chi connectivity index (χ4n) is 3.35. The van der Waals surface area contributed by atoms with Gasteiger partial charge in [-0.15, -0.1) is 0 Å². The number of nitrogens with one attached hydrogen (secondary N) is 2. The molecule has 5 heteroatoms. The average molecular weight is 390 g/mol. The fourth-order valence-corrected chi connectivity index (χ4v) is 3.48. The molecule has 0 spiro atoms. The number of hydrogen-bond donors (Lipinski definition) is 2. The van der Waals surface area contributed by atoms with Gasteiger partial charge in [0.1, 0.15) is 0 Å². The molecule has 1 atom stereocenters. The first-order valence-electron chi connectivity index (χ1n) is 9.20. The van der Waals surface area contributed by atoms with E-state index in [-0.39, 0.29) is 5.78 Å². The SMILES string of the molecule is O=C(c1c[nH]c2ccccc12)C(NCCc1ccc(Cl)cc1)c1cccnc1. The van der Waals surface area contributed by atoms with E-state index in [1.54, 1.807) is 18.6 Å². The molecule has 0 amide bonds. The number of pyridine rings is 1. The Morgan fingerprint density at radius 2 is 1.89 bits per heavy atom. The lowest BCUT2D eigenvalue weighted by Gasteiger charge is -2.18. The number of halogens is 1. The minimum atomic E-state index is -0.458. The van der Waals surface area contributed by atoms with Crippen LogP contribution < -0.4 is 5.32 Å². The number of H-pyrrole nitrogens is 1. The molecular formula is C23H20ClN3O. The molecule has 140 valence electrons. The molecule has 4 nitrogen and oxygen atoms in total. The predicted molar refractivity (Wildman–Crippen MR) is 113 cm³/mol. The van der Waals surface area contributed by atoms with Crippen LogP contribution in [-0.2, 0) is 6.42 Å². The zero-order valence-electron chi connectivity index (χ0n) is 15.2. The lowest BCUT2D eigenvalue weighted by Crippen LogP contribution is -2.30. The number of aromatic amines is 1. The van der Waals surface area contributed by atoms with Crippen molar-refractivity contribution >= 4 is 28.3 Å². The van der Waals surface area contributed by atoms with Crippen LogP contribution in [0, 0.1) is 0 Å². The maximum Gasteiger partial charge on any atom is 0.186 e. The summed E-state index contributed by atoms with van der Waals surface area (Å²) < 4.78 is 0. The van der Waals surface area contributed by atoms with Crippen LogP contribution in [0.3, 0.4) is 0 Å². The maximum absolute atomic E-state index is 13.4. The molecule has 2 N–H and O–H groups in total. The largest absolute Gasteiger partial charge is 0.360 e. The molecule has 0 bridgehead atoms. The zero-order chi connectivity index (χ0) is 19.3. The molecule has 0 aliphatic rings. The first kappa shape index (κ1) is 18.4. The topological polar surface area (TPSA) is 57.8 Å². The molecule has 4 aromatic rings. The maximum atomic E-state index is 13.4. The van der Waals surface area contributed by atoms with Crippen molar-refractivity contribution in [3.05, 3.63) is 101 Å². The molecule has 0 saturated carbocycles. The number of hydrogen-bond acceptors (Lipinski definition) is 3. The van der Waals surface area contributed by atoms with Crippen molar-refractivity contribution in [1.82, 2.24) is 15.3 Å². The van der Waals surface area contributed by atoms with Crippen molar-refractivity contribution in [2.24, 2.45) is 0 Å². The van der Waals surface area contributed by atoms with Gasteiger partial charge in [0, 0.05) is 46.6 Å². The molecule has 2 aromatic heterocycles. The van der Waals surface area contributed by atoms with E-state index in [1.165, 1.54) is 5.56 Å². The molecule has 0 aliphatic heterocycles. The van der Waals surface area contributed by atoms with Crippen molar-refractivity contribution in [3.8, 4) is 0 Å². The van der Waals surface area contributed by atoms with Crippen molar-refractivity contribution in [2.75, 3.05) is 6.54 Å². The summed E-state index contributed by atoms with van der Waals surface area (Å²) in [5.74, 6) is 0.0292. The van der Waals surface area contributed by atoms with Crippen molar-refractivity contribution in [2.45, 2.75) is 12.5 Å². The molecule has 2 heterocycles. The van der Waals surface area contributed by atoms with Gasteiger partial charge in [-0.25, -0.2) is 0 Å². The average Bonchev–Trinajstić information content (AvgIpc) is 3.17. The number of aromatic nitrogens is 2. The molecule has 28 heavy (non-hydrogen) atoms. The van der Waals surface area contributed by atoms with Crippen LogP contribution in [-0.4, -0.2) is 22.3 Å². The van der Waals surface area contributed by atoms with Crippen LogP contribution >= 0.6 is 11.6 Å². The minimum absolute atomic E-state index is 0.0292. The number of rotatable bonds is 7. The Balaban J connectivity index is 1.57. The summed E-state index contributed by atoms with van der Waals surface area (Å²) in [5, 5.41) is 5.07. The van der Waals surface area contributed by atoms with Gasteiger partial charge in [-0.3, -0.25) is 9.78 Å².